The van der Waals surface area contributed by atoms with Crippen molar-refractivity contribution >= 4 is 18.0 Å². The van der Waals surface area contributed by atoms with Crippen LogP contribution in [0, 0.1) is 5.92 Å². The molecule has 2 atom stereocenters. The maximum atomic E-state index is 12.0. The van der Waals surface area contributed by atoms with E-state index in [2.05, 4.69) is 10.6 Å². The summed E-state index contributed by atoms with van der Waals surface area (Å²) in [5.41, 5.74) is -0.669. The third-order valence-electron chi connectivity index (χ3n) is 2.44. The predicted octanol–water partition coefficient (Wildman–Crippen LogP) is 1.52. The highest BCUT2D eigenvalue weighted by molar-refractivity contribution is 5.89. The van der Waals surface area contributed by atoms with Crippen LogP contribution in [0.15, 0.2) is 0 Å². The van der Waals surface area contributed by atoms with Crippen LogP contribution in [0.5, 0.6) is 0 Å². The molecule has 3 N–H and O–H groups in total. The van der Waals surface area contributed by atoms with Crippen LogP contribution in [0.25, 0.3) is 0 Å². The molecule has 0 aliphatic carbocycles. The number of hydrogen-bond donors (Lipinski definition) is 3. The van der Waals surface area contributed by atoms with Gasteiger partial charge in [-0.3, -0.25) is 9.59 Å². The molecule has 0 rings (SSSR count). The van der Waals surface area contributed by atoms with Crippen molar-refractivity contribution in [1.82, 2.24) is 10.6 Å². The summed E-state index contributed by atoms with van der Waals surface area (Å²) < 4.78 is 5.11. The molecule has 7 heteroatoms. The lowest BCUT2D eigenvalue weighted by atomic mass is 10.0. The van der Waals surface area contributed by atoms with E-state index >= 15 is 0 Å². The molecule has 0 unspecified atom stereocenters. The molecule has 0 aromatic rings. The molecule has 0 saturated heterocycles. The van der Waals surface area contributed by atoms with Gasteiger partial charge in [0, 0.05) is 0 Å². The molecular formula is C14H26N2O5. The van der Waals surface area contributed by atoms with Crippen molar-refractivity contribution in [2.45, 2.75) is 65.6 Å². The molecule has 0 heterocycles. The summed E-state index contributed by atoms with van der Waals surface area (Å²) in [5, 5.41) is 13.6. The minimum absolute atomic E-state index is 0.149. The van der Waals surface area contributed by atoms with Gasteiger partial charge in [-0.1, -0.05) is 13.8 Å². The number of hydrogen-bond acceptors (Lipinski definition) is 4. The monoisotopic (exact) mass is 302 g/mol. The number of alkyl carbamates (subject to hydrolysis) is 1. The molecule has 0 spiro atoms. The second kappa shape index (κ2) is 7.85. The first-order chi connectivity index (χ1) is 9.42. The number of ether oxygens (including phenoxy) is 1. The van der Waals surface area contributed by atoms with Gasteiger partial charge in [0.1, 0.15) is 17.7 Å². The molecule has 7 nitrogen and oxygen atoms in total. The maximum Gasteiger partial charge on any atom is 0.408 e. The summed E-state index contributed by atoms with van der Waals surface area (Å²) in [6, 6.07) is -1.85. The molecule has 0 bridgehead atoms. The van der Waals surface area contributed by atoms with E-state index in [1.165, 1.54) is 6.92 Å². The lowest BCUT2D eigenvalue weighted by molar-refractivity contribution is -0.141. The fraction of sp³-hybridized carbons (Fsp3) is 0.786. The SMILES string of the molecule is CC(C)C[C@H](NC(=O)OC(C)(C)C)C(=O)N[C@H](C)C(=O)O. The van der Waals surface area contributed by atoms with Gasteiger partial charge in [0.2, 0.25) is 5.91 Å². The first-order valence-electron chi connectivity index (χ1n) is 6.95. The number of nitrogens with one attached hydrogen (secondary N) is 2. The first kappa shape index (κ1) is 19.2. The van der Waals surface area contributed by atoms with Crippen LogP contribution in [0.2, 0.25) is 0 Å². The summed E-state index contributed by atoms with van der Waals surface area (Å²) >= 11 is 0. The molecule has 0 saturated carbocycles. The zero-order chi connectivity index (χ0) is 16.8. The second-order valence-electron chi connectivity index (χ2n) is 6.40. The molecule has 0 aliphatic rings. The fourth-order valence-electron chi connectivity index (χ4n) is 1.53. The van der Waals surface area contributed by atoms with Gasteiger partial charge in [-0.25, -0.2) is 4.79 Å². The molecule has 0 aromatic carbocycles. The summed E-state index contributed by atoms with van der Waals surface area (Å²) in [7, 11) is 0. The minimum Gasteiger partial charge on any atom is -0.480 e. The summed E-state index contributed by atoms with van der Waals surface area (Å²) in [4.78, 5) is 34.6. The third-order valence-corrected chi connectivity index (χ3v) is 2.44. The number of carbonyl (C=O) groups is 3. The Bertz CT molecular complexity index is 387. The molecule has 0 aliphatic heterocycles. The van der Waals surface area contributed by atoms with Crippen molar-refractivity contribution < 1.29 is 24.2 Å². The zero-order valence-electron chi connectivity index (χ0n) is 13.5. The van der Waals surface area contributed by atoms with Crippen molar-refractivity contribution in [3.8, 4) is 0 Å². The van der Waals surface area contributed by atoms with E-state index in [4.69, 9.17) is 9.84 Å². The summed E-state index contributed by atoms with van der Waals surface area (Å²) in [6.07, 6.45) is -0.316. The van der Waals surface area contributed by atoms with Gasteiger partial charge >= 0.3 is 12.1 Å². The standard InChI is InChI=1S/C14H26N2O5/c1-8(2)7-10(11(17)15-9(3)12(18)19)16-13(20)21-14(4,5)6/h8-10H,7H2,1-6H3,(H,15,17)(H,16,20)(H,18,19)/t9-,10+/m1/s1. The van der Waals surface area contributed by atoms with E-state index in [1.54, 1.807) is 20.8 Å². The zero-order valence-corrected chi connectivity index (χ0v) is 13.5. The first-order valence-corrected chi connectivity index (χ1v) is 6.95. The van der Waals surface area contributed by atoms with Crippen LogP contribution >= 0.6 is 0 Å². The van der Waals surface area contributed by atoms with E-state index < -0.39 is 35.7 Å². The summed E-state index contributed by atoms with van der Waals surface area (Å²) in [5.74, 6) is -1.52. The molecule has 2 amide bonds. The number of rotatable bonds is 6. The topological polar surface area (TPSA) is 105 Å². The lowest BCUT2D eigenvalue weighted by Gasteiger charge is -2.24. The van der Waals surface area contributed by atoms with Crippen LogP contribution in [0.4, 0.5) is 4.79 Å². The summed E-state index contributed by atoms with van der Waals surface area (Å²) in [6.45, 7) is 10.3. The molecule has 0 fully saturated rings. The van der Waals surface area contributed by atoms with Crippen molar-refractivity contribution in [1.29, 1.82) is 0 Å². The molecule has 21 heavy (non-hydrogen) atoms. The number of carboxylic acids is 1. The average Bonchev–Trinajstić information content (AvgIpc) is 2.24. The Morgan fingerprint density at radius 2 is 1.62 bits per heavy atom. The van der Waals surface area contributed by atoms with Gasteiger partial charge < -0.3 is 20.5 Å². The van der Waals surface area contributed by atoms with Crippen LogP contribution in [-0.4, -0.2) is 40.8 Å². The van der Waals surface area contributed by atoms with Crippen molar-refractivity contribution in [3.05, 3.63) is 0 Å². The Hall–Kier alpha value is -1.79. The Labute approximate surface area is 125 Å². The van der Waals surface area contributed by atoms with E-state index in [-0.39, 0.29) is 5.92 Å². The Balaban J connectivity index is 4.75. The number of carboxylic acid groups (broad SMARTS) is 1. The lowest BCUT2D eigenvalue weighted by Crippen LogP contribution is -2.52. The highest BCUT2D eigenvalue weighted by Crippen LogP contribution is 2.09. The van der Waals surface area contributed by atoms with Gasteiger partial charge in [-0.05, 0) is 40.0 Å². The van der Waals surface area contributed by atoms with Gasteiger partial charge in [-0.2, -0.15) is 0 Å². The third kappa shape index (κ3) is 8.88. The van der Waals surface area contributed by atoms with Crippen LogP contribution < -0.4 is 10.6 Å². The Morgan fingerprint density at radius 3 is 2.00 bits per heavy atom. The molecule has 0 aromatic heterocycles. The Morgan fingerprint density at radius 1 is 1.10 bits per heavy atom. The van der Waals surface area contributed by atoms with Gasteiger partial charge in [0.25, 0.3) is 0 Å². The van der Waals surface area contributed by atoms with E-state index in [1.807, 2.05) is 13.8 Å². The van der Waals surface area contributed by atoms with Crippen molar-refractivity contribution in [2.75, 3.05) is 0 Å². The van der Waals surface area contributed by atoms with Crippen molar-refractivity contribution in [2.24, 2.45) is 5.92 Å². The quantitative estimate of drug-likeness (QED) is 0.690. The predicted molar refractivity (Wildman–Crippen MR) is 77.9 cm³/mol. The van der Waals surface area contributed by atoms with Crippen LogP contribution in [0.3, 0.4) is 0 Å². The van der Waals surface area contributed by atoms with Gasteiger partial charge in [0.15, 0.2) is 0 Å². The maximum absolute atomic E-state index is 12.0. The van der Waals surface area contributed by atoms with E-state index in [0.717, 1.165) is 0 Å². The number of aliphatic carboxylic acids is 1. The average molecular weight is 302 g/mol. The second-order valence-corrected chi connectivity index (χ2v) is 6.40. The smallest absolute Gasteiger partial charge is 0.408 e. The van der Waals surface area contributed by atoms with Gasteiger partial charge in [0.05, 0.1) is 0 Å². The minimum atomic E-state index is -1.14. The molecule has 122 valence electrons. The van der Waals surface area contributed by atoms with Crippen LogP contribution in [0.1, 0.15) is 48.0 Å². The molecular weight excluding hydrogens is 276 g/mol. The van der Waals surface area contributed by atoms with E-state index in [0.29, 0.717) is 6.42 Å². The largest absolute Gasteiger partial charge is 0.480 e. The highest BCUT2D eigenvalue weighted by Gasteiger charge is 2.27. The fourth-order valence-corrected chi connectivity index (χ4v) is 1.53. The highest BCUT2D eigenvalue weighted by atomic mass is 16.6. The number of carbonyl (C=O) groups excluding carboxylic acids is 2. The van der Waals surface area contributed by atoms with Crippen LogP contribution in [-0.2, 0) is 14.3 Å². The normalized spacial score (nSPS) is 14.2. The Kier molecular flexibility index (Phi) is 7.18. The van der Waals surface area contributed by atoms with Crippen molar-refractivity contribution in [3.63, 3.8) is 0 Å². The number of amides is 2. The van der Waals surface area contributed by atoms with E-state index in [9.17, 15) is 14.4 Å². The molecule has 0 radical (unpaired) electrons. The van der Waals surface area contributed by atoms with Gasteiger partial charge in [-0.15, -0.1) is 0 Å².